The second kappa shape index (κ2) is 8.14. The first-order valence-corrected chi connectivity index (χ1v) is 11.3. The van der Waals surface area contributed by atoms with Crippen molar-refractivity contribution in [2.24, 2.45) is 0 Å². The highest BCUT2D eigenvalue weighted by molar-refractivity contribution is 6.27. The molecule has 0 atom stereocenters. The molecule has 0 bridgehead atoms. The summed E-state index contributed by atoms with van der Waals surface area (Å²) in [5, 5.41) is 8.32. The number of hydrogen-bond acceptors (Lipinski definition) is 1. The van der Waals surface area contributed by atoms with Crippen LogP contribution >= 0.6 is 0 Å². The molecular weight excluding hydrogens is 362 g/mol. The van der Waals surface area contributed by atoms with Gasteiger partial charge in [0.1, 0.15) is 0 Å². The summed E-state index contributed by atoms with van der Waals surface area (Å²) >= 11 is 0. The van der Waals surface area contributed by atoms with Gasteiger partial charge < -0.3 is 4.90 Å². The van der Waals surface area contributed by atoms with Crippen molar-refractivity contribution in [1.29, 1.82) is 0 Å². The van der Waals surface area contributed by atoms with E-state index in [2.05, 4.69) is 101 Å². The van der Waals surface area contributed by atoms with Gasteiger partial charge in [-0.05, 0) is 96.8 Å². The number of likely N-dealkylation sites (N-methyl/N-ethyl adjacent to an activating group) is 1. The molecule has 4 rings (SSSR count). The maximum absolute atomic E-state index is 2.46. The summed E-state index contributed by atoms with van der Waals surface area (Å²) in [5.74, 6) is 0. The molecule has 0 heterocycles. The fraction of sp³-hybridized carbons (Fsp3) is 0.310. The summed E-state index contributed by atoms with van der Waals surface area (Å²) in [6.07, 6.45) is 9.11. The maximum atomic E-state index is 2.46. The van der Waals surface area contributed by atoms with Crippen molar-refractivity contribution in [3.63, 3.8) is 0 Å². The number of allylic oxidation sites excluding steroid dienone is 3. The first kappa shape index (κ1) is 20.5. The van der Waals surface area contributed by atoms with E-state index in [9.17, 15) is 0 Å². The molecule has 0 aliphatic carbocycles. The summed E-state index contributed by atoms with van der Waals surface area (Å²) in [6.45, 7) is 14.3. The zero-order valence-corrected chi connectivity index (χ0v) is 19.3. The molecule has 0 aromatic heterocycles. The van der Waals surface area contributed by atoms with Crippen LogP contribution in [0.1, 0.15) is 50.3 Å². The smallest absolute Gasteiger partial charge is 0.0493 e. The fourth-order valence-electron chi connectivity index (χ4n) is 4.96. The molecule has 1 heteroatoms. The van der Waals surface area contributed by atoms with Crippen LogP contribution in [0.2, 0.25) is 0 Å². The molecule has 30 heavy (non-hydrogen) atoms. The highest BCUT2D eigenvalue weighted by atomic mass is 15.1. The molecular formula is C29H33N. The first-order chi connectivity index (χ1) is 14.5. The van der Waals surface area contributed by atoms with E-state index in [0.29, 0.717) is 0 Å². The Hall–Kier alpha value is -2.80. The molecule has 1 nitrogen and oxygen atoms in total. The second-order valence-electron chi connectivity index (χ2n) is 8.44. The molecule has 0 saturated carbocycles. The fourth-order valence-corrected chi connectivity index (χ4v) is 4.96. The van der Waals surface area contributed by atoms with Crippen LogP contribution in [0.4, 0.5) is 5.69 Å². The number of aryl methyl sites for hydroxylation is 3. The minimum Gasteiger partial charge on any atom is -0.342 e. The quantitative estimate of drug-likeness (QED) is 0.233. The molecule has 0 N–H and O–H groups in total. The van der Waals surface area contributed by atoms with Crippen molar-refractivity contribution < 1.29 is 0 Å². The van der Waals surface area contributed by atoms with E-state index in [1.165, 1.54) is 66.8 Å². The second-order valence-corrected chi connectivity index (χ2v) is 8.44. The molecule has 0 saturated heterocycles. The van der Waals surface area contributed by atoms with Gasteiger partial charge in [-0.15, -0.1) is 0 Å². The predicted molar refractivity (Wildman–Crippen MR) is 135 cm³/mol. The van der Waals surface area contributed by atoms with E-state index in [-0.39, 0.29) is 0 Å². The topological polar surface area (TPSA) is 3.24 Å². The molecule has 0 unspecified atom stereocenters. The lowest BCUT2D eigenvalue weighted by Gasteiger charge is -2.28. The normalized spacial score (nSPS) is 12.8. The summed E-state index contributed by atoms with van der Waals surface area (Å²) in [6, 6.07) is 14.0. The average Bonchev–Trinajstić information content (AvgIpc) is 2.74. The van der Waals surface area contributed by atoms with Crippen LogP contribution < -0.4 is 4.90 Å². The molecule has 0 radical (unpaired) electrons. The molecule has 0 aliphatic heterocycles. The summed E-state index contributed by atoms with van der Waals surface area (Å²) < 4.78 is 0. The summed E-state index contributed by atoms with van der Waals surface area (Å²) in [5.41, 5.74) is 6.65. The van der Waals surface area contributed by atoms with Crippen LogP contribution in [-0.4, -0.2) is 6.54 Å². The third kappa shape index (κ3) is 3.17. The Balaban J connectivity index is 2.06. The molecule has 0 amide bonds. The van der Waals surface area contributed by atoms with E-state index in [4.69, 9.17) is 0 Å². The average molecular weight is 396 g/mol. The van der Waals surface area contributed by atoms with Gasteiger partial charge in [-0.1, -0.05) is 55.8 Å². The minimum absolute atomic E-state index is 0.942. The molecule has 4 aromatic carbocycles. The van der Waals surface area contributed by atoms with Gasteiger partial charge in [-0.25, -0.2) is 0 Å². The van der Waals surface area contributed by atoms with Crippen LogP contribution in [0.25, 0.3) is 32.3 Å². The monoisotopic (exact) mass is 395 g/mol. The van der Waals surface area contributed by atoms with Gasteiger partial charge in [0.05, 0.1) is 0 Å². The molecule has 154 valence electrons. The van der Waals surface area contributed by atoms with E-state index in [0.717, 1.165) is 13.0 Å². The van der Waals surface area contributed by atoms with Gasteiger partial charge in [-0.2, -0.15) is 0 Å². The zero-order valence-electron chi connectivity index (χ0n) is 19.3. The van der Waals surface area contributed by atoms with Gasteiger partial charge in [0.15, 0.2) is 0 Å². The van der Waals surface area contributed by atoms with E-state index in [1.54, 1.807) is 0 Å². The number of unbranched alkanes of at least 4 members (excludes halogenated alkanes) is 1. The highest BCUT2D eigenvalue weighted by Crippen LogP contribution is 2.43. The first-order valence-electron chi connectivity index (χ1n) is 11.3. The number of nitrogens with zero attached hydrogens (tertiary/aromatic N) is 1. The van der Waals surface area contributed by atoms with Crippen LogP contribution in [0.5, 0.6) is 0 Å². The lowest BCUT2D eigenvalue weighted by Crippen LogP contribution is -2.21. The van der Waals surface area contributed by atoms with E-state index in [1.807, 2.05) is 0 Å². The standard InChI is InChI=1S/C29H33N/c1-7-10-11-12-22(8-2)30(9-3)27-18-21(6)25-14-13-23-19(4)17-20(5)24-15-16-26(27)29(25)28(23)24/h8,11-18H,7,9-10H2,1-6H3/b12-11-,22-8+. The van der Waals surface area contributed by atoms with Crippen molar-refractivity contribution in [2.75, 3.05) is 11.4 Å². The Morgan fingerprint density at radius 1 is 0.800 bits per heavy atom. The minimum atomic E-state index is 0.942. The molecule has 0 fully saturated rings. The van der Waals surface area contributed by atoms with Gasteiger partial charge >= 0.3 is 0 Å². The van der Waals surface area contributed by atoms with Crippen LogP contribution in [0.3, 0.4) is 0 Å². The number of hydrogen-bond donors (Lipinski definition) is 0. The largest absolute Gasteiger partial charge is 0.342 e. The maximum Gasteiger partial charge on any atom is 0.0493 e. The Morgan fingerprint density at radius 3 is 1.87 bits per heavy atom. The number of benzene rings is 4. The Labute approximate surface area is 181 Å². The van der Waals surface area contributed by atoms with Gasteiger partial charge in [0, 0.05) is 23.3 Å². The lowest BCUT2D eigenvalue weighted by atomic mass is 9.88. The van der Waals surface area contributed by atoms with Gasteiger partial charge in [0.2, 0.25) is 0 Å². The van der Waals surface area contributed by atoms with Crippen LogP contribution in [0.15, 0.2) is 60.3 Å². The van der Waals surface area contributed by atoms with Gasteiger partial charge in [0.25, 0.3) is 0 Å². The van der Waals surface area contributed by atoms with Crippen molar-refractivity contribution in [2.45, 2.75) is 54.4 Å². The lowest BCUT2D eigenvalue weighted by molar-refractivity contribution is 0.945. The Morgan fingerprint density at radius 2 is 1.33 bits per heavy atom. The van der Waals surface area contributed by atoms with Crippen LogP contribution in [-0.2, 0) is 0 Å². The molecule has 0 spiro atoms. The van der Waals surface area contributed by atoms with Gasteiger partial charge in [-0.3, -0.25) is 0 Å². The highest BCUT2D eigenvalue weighted by Gasteiger charge is 2.18. The molecule has 0 aliphatic rings. The molecule has 4 aromatic rings. The number of rotatable bonds is 6. The Kier molecular flexibility index (Phi) is 5.56. The van der Waals surface area contributed by atoms with Crippen molar-refractivity contribution >= 4 is 38.0 Å². The van der Waals surface area contributed by atoms with E-state index < -0.39 is 0 Å². The number of anilines is 1. The van der Waals surface area contributed by atoms with Crippen molar-refractivity contribution in [1.82, 2.24) is 0 Å². The van der Waals surface area contributed by atoms with E-state index >= 15 is 0 Å². The SMILES string of the molecule is C/C=C(\C=C/CCC)N(CC)c1cc(C)c2ccc3c(C)cc(C)c4ccc1c2c34. The van der Waals surface area contributed by atoms with Crippen LogP contribution in [0, 0.1) is 20.8 Å². The Bertz CT molecular complexity index is 1250. The third-order valence-electron chi connectivity index (χ3n) is 6.46. The summed E-state index contributed by atoms with van der Waals surface area (Å²) in [4.78, 5) is 2.46. The predicted octanol–water partition coefficient (Wildman–Crippen LogP) is 8.60. The van der Waals surface area contributed by atoms with Crippen molar-refractivity contribution in [3.8, 4) is 0 Å². The third-order valence-corrected chi connectivity index (χ3v) is 6.46. The summed E-state index contributed by atoms with van der Waals surface area (Å²) in [7, 11) is 0. The zero-order chi connectivity index (χ0) is 21.4. The van der Waals surface area contributed by atoms with Crippen molar-refractivity contribution in [3.05, 3.63) is 77.0 Å².